The highest BCUT2D eigenvalue weighted by molar-refractivity contribution is 6.30. The molecule has 3 nitrogen and oxygen atoms in total. The molecule has 0 unspecified atom stereocenters. The first kappa shape index (κ1) is 23.6. The summed E-state index contributed by atoms with van der Waals surface area (Å²) in [7, 11) is 0. The molecule has 1 saturated carbocycles. The SMILES string of the molecule is Cl.NCC1(c2cccc(Cl)c2)CCC(N2CCN(CCc3ccccc3)CC2)CC1. The van der Waals surface area contributed by atoms with Crippen molar-refractivity contribution in [3.8, 4) is 0 Å². The summed E-state index contributed by atoms with van der Waals surface area (Å²) >= 11 is 6.26. The summed E-state index contributed by atoms with van der Waals surface area (Å²) in [4.78, 5) is 5.36. The average molecular weight is 448 g/mol. The average Bonchev–Trinajstić information content (AvgIpc) is 2.79. The first-order valence-electron chi connectivity index (χ1n) is 11.1. The Kier molecular flexibility index (Phi) is 8.62. The second kappa shape index (κ2) is 11.0. The Morgan fingerprint density at radius 2 is 1.63 bits per heavy atom. The van der Waals surface area contributed by atoms with Gasteiger partial charge in [-0.1, -0.05) is 54.1 Å². The van der Waals surface area contributed by atoms with E-state index in [0.717, 1.165) is 11.4 Å². The second-order valence-corrected chi connectivity index (χ2v) is 9.28. The van der Waals surface area contributed by atoms with Crippen LogP contribution in [0.4, 0.5) is 0 Å². The third kappa shape index (κ3) is 5.57. The number of nitrogens with zero attached hydrogens (tertiary/aromatic N) is 2. The summed E-state index contributed by atoms with van der Waals surface area (Å²) < 4.78 is 0. The van der Waals surface area contributed by atoms with Gasteiger partial charge in [-0.05, 0) is 55.4 Å². The number of benzene rings is 2. The lowest BCUT2D eigenvalue weighted by molar-refractivity contribution is 0.0663. The number of halogens is 2. The predicted molar refractivity (Wildman–Crippen MR) is 130 cm³/mol. The molecule has 2 N–H and O–H groups in total. The highest BCUT2D eigenvalue weighted by Gasteiger charge is 2.38. The molecule has 5 heteroatoms. The molecule has 0 amide bonds. The maximum absolute atomic E-state index is 6.28. The van der Waals surface area contributed by atoms with E-state index in [-0.39, 0.29) is 17.8 Å². The lowest BCUT2D eigenvalue weighted by Crippen LogP contribution is -2.53. The van der Waals surface area contributed by atoms with Crippen molar-refractivity contribution in [3.05, 3.63) is 70.7 Å². The van der Waals surface area contributed by atoms with Crippen LogP contribution in [0, 0.1) is 0 Å². The molecule has 0 spiro atoms. The van der Waals surface area contributed by atoms with Crippen LogP contribution in [-0.2, 0) is 11.8 Å². The van der Waals surface area contributed by atoms with E-state index in [0.29, 0.717) is 12.6 Å². The molecule has 1 aliphatic carbocycles. The minimum atomic E-state index is 0. The lowest BCUT2D eigenvalue weighted by Gasteiger charge is -2.46. The Morgan fingerprint density at radius 3 is 2.27 bits per heavy atom. The Morgan fingerprint density at radius 1 is 0.933 bits per heavy atom. The molecule has 0 bridgehead atoms. The molecule has 4 rings (SSSR count). The fourth-order valence-corrected chi connectivity index (χ4v) is 5.42. The molecule has 1 heterocycles. The summed E-state index contributed by atoms with van der Waals surface area (Å²) in [5.74, 6) is 0. The van der Waals surface area contributed by atoms with E-state index in [4.69, 9.17) is 17.3 Å². The fourth-order valence-electron chi connectivity index (χ4n) is 5.23. The molecule has 2 aromatic carbocycles. The van der Waals surface area contributed by atoms with Crippen molar-refractivity contribution < 1.29 is 0 Å². The molecule has 0 aromatic heterocycles. The van der Waals surface area contributed by atoms with Crippen LogP contribution in [0.2, 0.25) is 5.02 Å². The molecule has 2 aliphatic rings. The molecular weight excluding hydrogens is 413 g/mol. The van der Waals surface area contributed by atoms with Crippen LogP contribution in [0.5, 0.6) is 0 Å². The first-order chi connectivity index (χ1) is 14.2. The number of hydrogen-bond donors (Lipinski definition) is 1. The minimum absolute atomic E-state index is 0. The van der Waals surface area contributed by atoms with Gasteiger partial charge in [0.2, 0.25) is 0 Å². The summed E-state index contributed by atoms with van der Waals surface area (Å²) in [6.45, 7) is 6.68. The molecule has 2 aromatic rings. The van der Waals surface area contributed by atoms with Gasteiger partial charge in [0.15, 0.2) is 0 Å². The second-order valence-electron chi connectivity index (χ2n) is 8.84. The number of nitrogens with two attached hydrogens (primary N) is 1. The zero-order chi connectivity index (χ0) is 20.1. The Hall–Kier alpha value is -1.10. The van der Waals surface area contributed by atoms with Crippen LogP contribution >= 0.6 is 24.0 Å². The lowest BCUT2D eigenvalue weighted by atomic mass is 9.68. The summed E-state index contributed by atoms with van der Waals surface area (Å²) in [5, 5.41) is 0.823. The highest BCUT2D eigenvalue weighted by Crippen LogP contribution is 2.40. The van der Waals surface area contributed by atoms with Crippen LogP contribution in [0.25, 0.3) is 0 Å². The van der Waals surface area contributed by atoms with Gasteiger partial charge in [0, 0.05) is 55.7 Å². The van der Waals surface area contributed by atoms with Gasteiger partial charge in [-0.25, -0.2) is 0 Å². The minimum Gasteiger partial charge on any atom is -0.330 e. The van der Waals surface area contributed by atoms with Crippen molar-refractivity contribution in [1.29, 1.82) is 0 Å². The maximum atomic E-state index is 6.28. The van der Waals surface area contributed by atoms with Gasteiger partial charge in [0.1, 0.15) is 0 Å². The first-order valence-corrected chi connectivity index (χ1v) is 11.5. The summed E-state index contributed by atoms with van der Waals surface area (Å²) in [5.41, 5.74) is 9.17. The molecule has 164 valence electrons. The molecular formula is C25H35Cl2N3. The molecule has 1 saturated heterocycles. The Labute approximate surface area is 193 Å². The maximum Gasteiger partial charge on any atom is 0.0408 e. The topological polar surface area (TPSA) is 32.5 Å². The van der Waals surface area contributed by atoms with E-state index in [1.165, 1.54) is 69.5 Å². The number of piperazine rings is 1. The van der Waals surface area contributed by atoms with Crippen LogP contribution in [0.15, 0.2) is 54.6 Å². The Balaban J connectivity index is 0.00000256. The predicted octanol–water partition coefficient (Wildman–Crippen LogP) is 4.76. The largest absolute Gasteiger partial charge is 0.330 e. The summed E-state index contributed by atoms with van der Waals surface area (Å²) in [6, 6.07) is 19.9. The van der Waals surface area contributed by atoms with Gasteiger partial charge in [-0.2, -0.15) is 0 Å². The smallest absolute Gasteiger partial charge is 0.0408 e. The molecule has 1 aliphatic heterocycles. The number of hydrogen-bond acceptors (Lipinski definition) is 3. The monoisotopic (exact) mass is 447 g/mol. The van der Waals surface area contributed by atoms with Crippen molar-refractivity contribution >= 4 is 24.0 Å². The van der Waals surface area contributed by atoms with E-state index in [1.54, 1.807) is 0 Å². The van der Waals surface area contributed by atoms with Gasteiger partial charge in [-0.15, -0.1) is 12.4 Å². The fraction of sp³-hybridized carbons (Fsp3) is 0.520. The van der Waals surface area contributed by atoms with Crippen molar-refractivity contribution in [1.82, 2.24) is 9.80 Å². The molecule has 0 atom stereocenters. The molecule has 2 fully saturated rings. The quantitative estimate of drug-likeness (QED) is 0.692. The van der Waals surface area contributed by atoms with Crippen LogP contribution in [0.1, 0.15) is 36.8 Å². The van der Waals surface area contributed by atoms with Crippen molar-refractivity contribution in [2.24, 2.45) is 5.73 Å². The standard InChI is InChI=1S/C25H34ClN3.ClH/c26-23-8-4-7-22(19-23)25(20-27)12-9-24(10-13-25)29-17-15-28(16-18-29)14-11-21-5-2-1-3-6-21;/h1-8,19,24H,9-18,20,27H2;1H. The van der Waals surface area contributed by atoms with Crippen LogP contribution < -0.4 is 5.73 Å². The van der Waals surface area contributed by atoms with Gasteiger partial charge >= 0.3 is 0 Å². The van der Waals surface area contributed by atoms with Crippen molar-refractivity contribution in [2.45, 2.75) is 43.6 Å². The number of rotatable bonds is 6. The molecule has 30 heavy (non-hydrogen) atoms. The van der Waals surface area contributed by atoms with Gasteiger partial charge in [0.05, 0.1) is 0 Å². The van der Waals surface area contributed by atoms with Crippen LogP contribution in [-0.4, -0.2) is 55.1 Å². The van der Waals surface area contributed by atoms with E-state index < -0.39 is 0 Å². The van der Waals surface area contributed by atoms with E-state index >= 15 is 0 Å². The zero-order valence-electron chi connectivity index (χ0n) is 17.8. The van der Waals surface area contributed by atoms with Gasteiger partial charge in [-0.3, -0.25) is 4.90 Å². The highest BCUT2D eigenvalue weighted by atomic mass is 35.5. The summed E-state index contributed by atoms with van der Waals surface area (Å²) in [6.07, 6.45) is 5.98. The van der Waals surface area contributed by atoms with Crippen molar-refractivity contribution in [3.63, 3.8) is 0 Å². The van der Waals surface area contributed by atoms with E-state index in [2.05, 4.69) is 58.3 Å². The van der Waals surface area contributed by atoms with E-state index in [1.807, 2.05) is 6.07 Å². The normalized spacial score (nSPS) is 25.6. The van der Waals surface area contributed by atoms with Crippen molar-refractivity contribution in [2.75, 3.05) is 39.3 Å². The zero-order valence-corrected chi connectivity index (χ0v) is 19.4. The Bertz CT molecular complexity index is 767. The molecule has 0 radical (unpaired) electrons. The van der Waals surface area contributed by atoms with Crippen LogP contribution in [0.3, 0.4) is 0 Å². The van der Waals surface area contributed by atoms with Gasteiger partial charge in [0.25, 0.3) is 0 Å². The third-order valence-corrected chi connectivity index (χ3v) is 7.46. The van der Waals surface area contributed by atoms with E-state index in [9.17, 15) is 0 Å². The van der Waals surface area contributed by atoms with Gasteiger partial charge < -0.3 is 10.6 Å². The third-order valence-electron chi connectivity index (χ3n) is 7.22.